The summed E-state index contributed by atoms with van der Waals surface area (Å²) in [6.45, 7) is 0.567. The lowest BCUT2D eigenvalue weighted by atomic mass is 10.3. The lowest BCUT2D eigenvalue weighted by Gasteiger charge is -2.06. The summed E-state index contributed by atoms with van der Waals surface area (Å²) in [6, 6.07) is 5.45. The summed E-state index contributed by atoms with van der Waals surface area (Å²) in [5, 5.41) is 0. The van der Waals surface area contributed by atoms with Crippen LogP contribution < -0.4 is 10.5 Å². The lowest BCUT2D eigenvalue weighted by molar-refractivity contribution is 0.0597. The van der Waals surface area contributed by atoms with Crippen LogP contribution in [-0.4, -0.2) is 36.1 Å². The standard InChI is InChI=1S/C13H17N3O3/c1-18-11-7-3-5-9-12(13(17)19-2)15-10(16(9)11)6-4-8-14/h3,5,7H,4,6,8,14H2,1-2H3. The number of nitrogens with zero attached hydrogens (tertiary/aromatic N) is 2. The molecule has 19 heavy (non-hydrogen) atoms. The Balaban J connectivity index is 2.62. The number of hydrogen-bond donors (Lipinski definition) is 1. The molecule has 2 N–H and O–H groups in total. The van der Waals surface area contributed by atoms with Crippen molar-refractivity contribution >= 4 is 11.5 Å². The maximum Gasteiger partial charge on any atom is 0.358 e. The van der Waals surface area contributed by atoms with Crippen LogP contribution in [-0.2, 0) is 11.2 Å². The van der Waals surface area contributed by atoms with Crippen LogP contribution in [0.2, 0.25) is 0 Å². The number of rotatable bonds is 5. The van der Waals surface area contributed by atoms with Crippen LogP contribution in [0.3, 0.4) is 0 Å². The fourth-order valence-corrected chi connectivity index (χ4v) is 2.01. The number of imidazole rings is 1. The van der Waals surface area contributed by atoms with Gasteiger partial charge in [0.25, 0.3) is 0 Å². The summed E-state index contributed by atoms with van der Waals surface area (Å²) in [5.41, 5.74) is 6.50. The molecule has 0 aliphatic rings. The predicted octanol–water partition coefficient (Wildman–Crippen LogP) is 1.02. The van der Waals surface area contributed by atoms with Gasteiger partial charge in [-0.1, -0.05) is 6.07 Å². The van der Waals surface area contributed by atoms with Crippen molar-refractivity contribution in [2.75, 3.05) is 20.8 Å². The maximum absolute atomic E-state index is 11.8. The molecule has 0 atom stereocenters. The molecular weight excluding hydrogens is 246 g/mol. The van der Waals surface area contributed by atoms with Gasteiger partial charge in [-0.05, 0) is 25.1 Å². The van der Waals surface area contributed by atoms with Gasteiger partial charge in [0, 0.05) is 6.42 Å². The number of pyridine rings is 1. The highest BCUT2D eigenvalue weighted by Crippen LogP contribution is 2.22. The molecule has 2 aromatic heterocycles. The Hall–Kier alpha value is -2.08. The van der Waals surface area contributed by atoms with E-state index in [2.05, 4.69) is 4.98 Å². The number of carbonyl (C=O) groups is 1. The first-order valence-electron chi connectivity index (χ1n) is 6.05. The fourth-order valence-electron chi connectivity index (χ4n) is 2.01. The van der Waals surface area contributed by atoms with Crippen molar-refractivity contribution in [2.24, 2.45) is 5.73 Å². The highest BCUT2D eigenvalue weighted by Gasteiger charge is 2.19. The molecule has 0 amide bonds. The van der Waals surface area contributed by atoms with Gasteiger partial charge in [0.05, 0.1) is 19.7 Å². The summed E-state index contributed by atoms with van der Waals surface area (Å²) < 4.78 is 11.9. The van der Waals surface area contributed by atoms with Gasteiger partial charge in [-0.3, -0.25) is 4.40 Å². The highest BCUT2D eigenvalue weighted by atomic mass is 16.5. The number of carbonyl (C=O) groups excluding carboxylic acids is 1. The second-order valence-corrected chi connectivity index (χ2v) is 4.05. The van der Waals surface area contributed by atoms with Gasteiger partial charge in [-0.2, -0.15) is 0 Å². The second kappa shape index (κ2) is 5.71. The van der Waals surface area contributed by atoms with E-state index < -0.39 is 5.97 Å². The van der Waals surface area contributed by atoms with Crippen molar-refractivity contribution in [3.63, 3.8) is 0 Å². The van der Waals surface area contributed by atoms with E-state index in [-0.39, 0.29) is 0 Å². The number of esters is 1. The number of ether oxygens (including phenoxy) is 2. The molecule has 0 saturated carbocycles. The van der Waals surface area contributed by atoms with Gasteiger partial charge < -0.3 is 15.2 Å². The van der Waals surface area contributed by atoms with Crippen molar-refractivity contribution < 1.29 is 14.3 Å². The molecule has 0 saturated heterocycles. The van der Waals surface area contributed by atoms with Crippen LogP contribution >= 0.6 is 0 Å². The number of nitrogens with two attached hydrogens (primary N) is 1. The van der Waals surface area contributed by atoms with Crippen LogP contribution in [0.1, 0.15) is 22.7 Å². The Labute approximate surface area is 111 Å². The molecule has 2 heterocycles. The molecule has 0 aliphatic heterocycles. The topological polar surface area (TPSA) is 78.8 Å². The van der Waals surface area contributed by atoms with E-state index in [0.29, 0.717) is 30.1 Å². The molecule has 6 nitrogen and oxygen atoms in total. The average molecular weight is 263 g/mol. The van der Waals surface area contributed by atoms with Gasteiger partial charge in [-0.15, -0.1) is 0 Å². The molecule has 0 aliphatic carbocycles. The van der Waals surface area contributed by atoms with Crippen molar-refractivity contribution in [1.82, 2.24) is 9.38 Å². The van der Waals surface area contributed by atoms with Crippen molar-refractivity contribution in [1.29, 1.82) is 0 Å². The number of methoxy groups -OCH3 is 2. The van der Waals surface area contributed by atoms with Gasteiger partial charge >= 0.3 is 5.97 Å². The van der Waals surface area contributed by atoms with Crippen LogP contribution in [0.5, 0.6) is 5.88 Å². The molecule has 0 radical (unpaired) electrons. The summed E-state index contributed by atoms with van der Waals surface area (Å²) in [5.74, 6) is 0.926. The van der Waals surface area contributed by atoms with Crippen molar-refractivity contribution in [3.8, 4) is 5.88 Å². The molecule has 0 fully saturated rings. The molecular formula is C13H17N3O3. The zero-order valence-electron chi connectivity index (χ0n) is 11.0. The van der Waals surface area contributed by atoms with Crippen LogP contribution in [0.25, 0.3) is 5.52 Å². The summed E-state index contributed by atoms with van der Waals surface area (Å²) in [4.78, 5) is 16.1. The number of hydrogen-bond acceptors (Lipinski definition) is 5. The zero-order valence-corrected chi connectivity index (χ0v) is 11.0. The number of aromatic nitrogens is 2. The smallest absolute Gasteiger partial charge is 0.358 e. The fraction of sp³-hybridized carbons (Fsp3) is 0.385. The van der Waals surface area contributed by atoms with Crippen LogP contribution in [0, 0.1) is 0 Å². The summed E-state index contributed by atoms with van der Waals surface area (Å²) in [6.07, 6.45) is 1.47. The maximum atomic E-state index is 11.8. The monoisotopic (exact) mass is 263 g/mol. The molecule has 6 heteroatoms. The SMILES string of the molecule is COC(=O)c1nc(CCCN)n2c(OC)cccc12. The Morgan fingerprint density at radius 1 is 1.42 bits per heavy atom. The largest absolute Gasteiger partial charge is 0.482 e. The predicted molar refractivity (Wildman–Crippen MR) is 70.5 cm³/mol. The van der Waals surface area contributed by atoms with E-state index in [1.54, 1.807) is 7.11 Å². The Morgan fingerprint density at radius 2 is 2.21 bits per heavy atom. The third-order valence-corrected chi connectivity index (χ3v) is 2.89. The van der Waals surface area contributed by atoms with E-state index in [4.69, 9.17) is 15.2 Å². The zero-order chi connectivity index (χ0) is 13.8. The molecule has 102 valence electrons. The van der Waals surface area contributed by atoms with E-state index in [1.165, 1.54) is 7.11 Å². The Kier molecular flexibility index (Phi) is 4.01. The molecule has 0 aromatic carbocycles. The van der Waals surface area contributed by atoms with Gasteiger partial charge in [0.15, 0.2) is 11.6 Å². The molecule has 0 spiro atoms. The third kappa shape index (κ3) is 2.39. The van der Waals surface area contributed by atoms with Crippen LogP contribution in [0.15, 0.2) is 18.2 Å². The first kappa shape index (κ1) is 13.4. The van der Waals surface area contributed by atoms with Crippen LogP contribution in [0.4, 0.5) is 0 Å². The normalized spacial score (nSPS) is 10.7. The molecule has 0 bridgehead atoms. The van der Waals surface area contributed by atoms with Gasteiger partial charge in [-0.25, -0.2) is 9.78 Å². The van der Waals surface area contributed by atoms with E-state index >= 15 is 0 Å². The highest BCUT2D eigenvalue weighted by molar-refractivity contribution is 5.95. The summed E-state index contributed by atoms with van der Waals surface area (Å²) >= 11 is 0. The first-order chi connectivity index (χ1) is 9.22. The van der Waals surface area contributed by atoms with Crippen molar-refractivity contribution in [3.05, 3.63) is 29.7 Å². The molecule has 2 aromatic rings. The Bertz CT molecular complexity index is 592. The van der Waals surface area contributed by atoms with E-state index in [9.17, 15) is 4.79 Å². The Morgan fingerprint density at radius 3 is 2.84 bits per heavy atom. The minimum atomic E-state index is -0.454. The molecule has 0 unspecified atom stereocenters. The molecule has 2 rings (SSSR count). The quantitative estimate of drug-likeness (QED) is 0.815. The minimum Gasteiger partial charge on any atom is -0.482 e. The van der Waals surface area contributed by atoms with Gasteiger partial charge in [0.1, 0.15) is 5.82 Å². The number of aryl methyl sites for hydroxylation is 1. The minimum absolute atomic E-state index is 0.299. The second-order valence-electron chi connectivity index (χ2n) is 4.05. The third-order valence-electron chi connectivity index (χ3n) is 2.89. The van der Waals surface area contributed by atoms with Crippen molar-refractivity contribution in [2.45, 2.75) is 12.8 Å². The van der Waals surface area contributed by atoms with E-state index in [1.807, 2.05) is 22.6 Å². The summed E-state index contributed by atoms with van der Waals surface area (Å²) in [7, 11) is 2.92. The van der Waals surface area contributed by atoms with Gasteiger partial charge in [0.2, 0.25) is 0 Å². The van der Waals surface area contributed by atoms with E-state index in [0.717, 1.165) is 12.2 Å². The lowest BCUT2D eigenvalue weighted by Crippen LogP contribution is -2.04. The average Bonchev–Trinajstić information content (AvgIpc) is 2.83. The number of fused-ring (bicyclic) bond motifs is 1. The first-order valence-corrected chi connectivity index (χ1v) is 6.05.